The third kappa shape index (κ3) is 6.22. The summed E-state index contributed by atoms with van der Waals surface area (Å²) in [6.45, 7) is 6.11. The first-order valence-corrected chi connectivity index (χ1v) is 9.91. The van der Waals surface area contributed by atoms with E-state index in [9.17, 15) is 14.4 Å². The molecule has 146 valence electrons. The molecule has 0 aliphatic heterocycles. The van der Waals surface area contributed by atoms with Gasteiger partial charge in [0.05, 0.1) is 6.54 Å². The standard InChI is InChI=1S/C19H23ClN2O4S/c1-12(2)10-16(21-17(23)14-4-6-15(20)7-5-14)18(24)26-9-8-22-13(3)11-27-19(22)25/h4-7,11-12,16H,8-10H2,1-3H3,(H,21,23). The molecule has 2 aromatic rings. The molecule has 1 N–H and O–H groups in total. The largest absolute Gasteiger partial charge is 0.462 e. The van der Waals surface area contributed by atoms with Gasteiger partial charge in [0.2, 0.25) is 0 Å². The van der Waals surface area contributed by atoms with Crippen LogP contribution >= 0.6 is 22.9 Å². The van der Waals surface area contributed by atoms with Crippen LogP contribution in [0.2, 0.25) is 5.02 Å². The Morgan fingerprint density at radius 2 is 1.93 bits per heavy atom. The second-order valence-electron chi connectivity index (χ2n) is 6.62. The summed E-state index contributed by atoms with van der Waals surface area (Å²) < 4.78 is 6.87. The molecule has 0 saturated heterocycles. The van der Waals surface area contributed by atoms with Crippen molar-refractivity contribution in [2.45, 2.75) is 39.8 Å². The number of nitrogens with zero attached hydrogens (tertiary/aromatic N) is 1. The van der Waals surface area contributed by atoms with E-state index in [4.69, 9.17) is 16.3 Å². The number of aryl methyl sites for hydroxylation is 1. The molecule has 0 aliphatic rings. The first-order valence-electron chi connectivity index (χ1n) is 8.66. The second-order valence-corrected chi connectivity index (χ2v) is 7.88. The van der Waals surface area contributed by atoms with E-state index in [0.717, 1.165) is 17.0 Å². The molecule has 0 radical (unpaired) electrons. The van der Waals surface area contributed by atoms with Crippen LogP contribution in [-0.2, 0) is 16.1 Å². The quantitative estimate of drug-likeness (QED) is 0.677. The lowest BCUT2D eigenvalue weighted by molar-refractivity contribution is -0.146. The van der Waals surface area contributed by atoms with E-state index in [0.29, 0.717) is 23.6 Å². The zero-order valence-electron chi connectivity index (χ0n) is 15.5. The molecule has 2 rings (SSSR count). The van der Waals surface area contributed by atoms with Crippen molar-refractivity contribution >= 4 is 34.8 Å². The Bertz CT molecular complexity index is 842. The van der Waals surface area contributed by atoms with Gasteiger partial charge in [0.15, 0.2) is 0 Å². The lowest BCUT2D eigenvalue weighted by Crippen LogP contribution is -2.43. The zero-order valence-corrected chi connectivity index (χ0v) is 17.1. The van der Waals surface area contributed by atoms with Gasteiger partial charge < -0.3 is 10.1 Å². The number of thiazole rings is 1. The Labute approximate surface area is 167 Å². The highest BCUT2D eigenvalue weighted by Gasteiger charge is 2.24. The third-order valence-corrected chi connectivity index (χ3v) is 5.07. The number of carbonyl (C=O) groups excluding carboxylic acids is 2. The van der Waals surface area contributed by atoms with Gasteiger partial charge in [0, 0.05) is 21.7 Å². The van der Waals surface area contributed by atoms with Gasteiger partial charge in [-0.05, 0) is 43.5 Å². The maximum atomic E-state index is 12.5. The Kier molecular flexibility index (Phi) is 7.62. The molecule has 1 atom stereocenters. The Hall–Kier alpha value is -2.12. The summed E-state index contributed by atoms with van der Waals surface area (Å²) in [5.41, 5.74) is 1.25. The van der Waals surface area contributed by atoms with Gasteiger partial charge in [-0.25, -0.2) is 4.79 Å². The van der Waals surface area contributed by atoms with Crippen molar-refractivity contribution in [2.24, 2.45) is 5.92 Å². The number of ether oxygens (including phenoxy) is 1. The molecule has 1 aromatic carbocycles. The van der Waals surface area contributed by atoms with Crippen molar-refractivity contribution in [1.82, 2.24) is 9.88 Å². The fraction of sp³-hybridized carbons (Fsp3) is 0.421. The van der Waals surface area contributed by atoms with Crippen molar-refractivity contribution in [3.05, 3.63) is 55.6 Å². The molecule has 0 bridgehead atoms. The first-order chi connectivity index (χ1) is 12.8. The van der Waals surface area contributed by atoms with E-state index in [1.165, 1.54) is 0 Å². The van der Waals surface area contributed by atoms with Gasteiger partial charge in [-0.2, -0.15) is 0 Å². The minimum absolute atomic E-state index is 0.0712. The summed E-state index contributed by atoms with van der Waals surface area (Å²) in [6.07, 6.45) is 0.454. The van der Waals surface area contributed by atoms with Gasteiger partial charge in [-0.1, -0.05) is 36.8 Å². The van der Waals surface area contributed by atoms with Crippen LogP contribution in [0.1, 0.15) is 36.3 Å². The number of hydrogen-bond donors (Lipinski definition) is 1. The Balaban J connectivity index is 1.97. The van der Waals surface area contributed by atoms with Gasteiger partial charge in [0.25, 0.3) is 5.91 Å². The highest BCUT2D eigenvalue weighted by molar-refractivity contribution is 7.07. The molecule has 6 nitrogen and oxygen atoms in total. The van der Waals surface area contributed by atoms with Gasteiger partial charge >= 0.3 is 10.8 Å². The van der Waals surface area contributed by atoms with E-state index in [1.54, 1.807) is 34.2 Å². The Morgan fingerprint density at radius 3 is 2.48 bits per heavy atom. The molecule has 1 amide bonds. The minimum Gasteiger partial charge on any atom is -0.462 e. The number of aromatic nitrogens is 1. The molecule has 0 aliphatic carbocycles. The molecule has 8 heteroatoms. The molecule has 1 unspecified atom stereocenters. The highest BCUT2D eigenvalue weighted by Crippen LogP contribution is 2.12. The molecule has 0 fully saturated rings. The smallest absolute Gasteiger partial charge is 0.328 e. The van der Waals surface area contributed by atoms with Gasteiger partial charge in [0.1, 0.15) is 12.6 Å². The summed E-state index contributed by atoms with van der Waals surface area (Å²) in [4.78, 5) is 36.5. The number of amides is 1. The molecule has 27 heavy (non-hydrogen) atoms. The maximum Gasteiger partial charge on any atom is 0.328 e. The fourth-order valence-electron chi connectivity index (χ4n) is 2.54. The lowest BCUT2D eigenvalue weighted by Gasteiger charge is -2.19. The first kappa shape index (κ1) is 21.2. The van der Waals surface area contributed by atoms with Crippen LogP contribution in [0.5, 0.6) is 0 Å². The van der Waals surface area contributed by atoms with Crippen molar-refractivity contribution in [2.75, 3.05) is 6.61 Å². The van der Waals surface area contributed by atoms with Crippen LogP contribution in [0.4, 0.5) is 0 Å². The predicted octanol–water partition coefficient (Wildman–Crippen LogP) is 3.26. The second kappa shape index (κ2) is 9.71. The van der Waals surface area contributed by atoms with E-state index in [2.05, 4.69) is 5.32 Å². The number of rotatable bonds is 8. The zero-order chi connectivity index (χ0) is 20.0. The summed E-state index contributed by atoms with van der Waals surface area (Å²) >= 11 is 6.95. The molecule has 1 aromatic heterocycles. The highest BCUT2D eigenvalue weighted by atomic mass is 35.5. The molecule has 0 saturated carbocycles. The van der Waals surface area contributed by atoms with Crippen LogP contribution in [0, 0.1) is 12.8 Å². The number of benzene rings is 1. The minimum atomic E-state index is -0.756. The number of esters is 1. The summed E-state index contributed by atoms with van der Waals surface area (Å²) in [7, 11) is 0. The van der Waals surface area contributed by atoms with Gasteiger partial charge in [-0.15, -0.1) is 0 Å². The lowest BCUT2D eigenvalue weighted by atomic mass is 10.0. The van der Waals surface area contributed by atoms with Crippen molar-refractivity contribution in [3.8, 4) is 0 Å². The van der Waals surface area contributed by atoms with Crippen molar-refractivity contribution in [1.29, 1.82) is 0 Å². The van der Waals surface area contributed by atoms with E-state index in [1.807, 2.05) is 20.8 Å². The third-order valence-electron chi connectivity index (χ3n) is 3.94. The SMILES string of the molecule is Cc1csc(=O)n1CCOC(=O)C(CC(C)C)NC(=O)c1ccc(Cl)cc1. The summed E-state index contributed by atoms with van der Waals surface area (Å²) in [6, 6.07) is 5.68. The molecular formula is C19H23ClN2O4S. The van der Waals surface area contributed by atoms with Crippen LogP contribution in [0.25, 0.3) is 0 Å². The molecule has 1 heterocycles. The van der Waals surface area contributed by atoms with E-state index in [-0.39, 0.29) is 23.3 Å². The van der Waals surface area contributed by atoms with E-state index < -0.39 is 12.0 Å². The van der Waals surface area contributed by atoms with Crippen molar-refractivity contribution in [3.63, 3.8) is 0 Å². The van der Waals surface area contributed by atoms with Crippen molar-refractivity contribution < 1.29 is 14.3 Å². The monoisotopic (exact) mass is 410 g/mol. The number of carbonyl (C=O) groups is 2. The number of nitrogens with one attached hydrogen (secondary N) is 1. The number of halogens is 1. The molecule has 0 spiro atoms. The molecular weight excluding hydrogens is 388 g/mol. The van der Waals surface area contributed by atoms with Crippen LogP contribution in [0.15, 0.2) is 34.4 Å². The summed E-state index contributed by atoms with van der Waals surface area (Å²) in [5.74, 6) is -0.680. The average Bonchev–Trinajstić information content (AvgIpc) is 2.93. The van der Waals surface area contributed by atoms with Crippen LogP contribution in [0.3, 0.4) is 0 Å². The van der Waals surface area contributed by atoms with Crippen LogP contribution in [-0.4, -0.2) is 29.1 Å². The maximum absolute atomic E-state index is 12.5. The average molecular weight is 411 g/mol. The number of hydrogen-bond acceptors (Lipinski definition) is 5. The Morgan fingerprint density at radius 1 is 1.26 bits per heavy atom. The fourth-order valence-corrected chi connectivity index (χ4v) is 3.43. The van der Waals surface area contributed by atoms with Gasteiger partial charge in [-0.3, -0.25) is 14.2 Å². The van der Waals surface area contributed by atoms with E-state index >= 15 is 0 Å². The normalized spacial score (nSPS) is 12.0. The summed E-state index contributed by atoms with van der Waals surface area (Å²) in [5, 5.41) is 5.02. The van der Waals surface area contributed by atoms with Crippen LogP contribution < -0.4 is 10.2 Å². The predicted molar refractivity (Wildman–Crippen MR) is 106 cm³/mol. The topological polar surface area (TPSA) is 77.4 Å².